The second kappa shape index (κ2) is 9.00. The van der Waals surface area contributed by atoms with Gasteiger partial charge in [0.2, 0.25) is 11.9 Å². The molecule has 180 valence electrons. The van der Waals surface area contributed by atoms with E-state index in [4.69, 9.17) is 4.98 Å². The number of hydrogen-bond donors (Lipinski definition) is 0. The normalized spacial score (nSPS) is 14.0. The van der Waals surface area contributed by atoms with Gasteiger partial charge in [-0.15, -0.1) is 21.5 Å². The average Bonchev–Trinajstić information content (AvgIpc) is 3.59. The number of anilines is 1. The van der Waals surface area contributed by atoms with Crippen molar-refractivity contribution in [3.63, 3.8) is 0 Å². The maximum absolute atomic E-state index is 12.8. The molecule has 0 spiro atoms. The summed E-state index contributed by atoms with van der Waals surface area (Å²) in [4.78, 5) is 34.1. The summed E-state index contributed by atoms with van der Waals surface area (Å²) in [7, 11) is 0. The number of piperazine rings is 1. The fourth-order valence-electron chi connectivity index (χ4n) is 4.60. The molecule has 4 heterocycles. The fourth-order valence-corrected chi connectivity index (χ4v) is 5.30. The summed E-state index contributed by atoms with van der Waals surface area (Å²) in [5.41, 5.74) is 1.67. The Morgan fingerprint density at radius 3 is 2.53 bits per heavy atom. The maximum Gasteiger partial charge on any atom is 0.280 e. The molecule has 1 fully saturated rings. The number of carbonyl (C=O) groups excluding carboxylic acids is 1. The Balaban J connectivity index is 1.40. The van der Waals surface area contributed by atoms with Crippen LogP contribution in [0.2, 0.25) is 0 Å². The highest BCUT2D eigenvalue weighted by atomic mass is 32.1. The van der Waals surface area contributed by atoms with Gasteiger partial charge in [0.05, 0.1) is 22.4 Å². The van der Waals surface area contributed by atoms with E-state index in [2.05, 4.69) is 15.1 Å². The SMILES string of the molecule is O=C(Cc1cccs1)N1CCN(c2nc3ccccc3c3nnc(-c4ccccc4[N+](=O)[O-])n23)CC1. The molecule has 0 atom stereocenters. The first-order valence-electron chi connectivity index (χ1n) is 11.5. The molecular formula is C25H21N7O3S. The molecular weight excluding hydrogens is 478 g/mol. The van der Waals surface area contributed by atoms with Crippen LogP contribution in [0, 0.1) is 10.1 Å². The van der Waals surface area contributed by atoms with Crippen molar-refractivity contribution in [3.8, 4) is 11.4 Å². The van der Waals surface area contributed by atoms with Crippen molar-refractivity contribution < 1.29 is 9.72 Å². The molecule has 6 rings (SSSR count). The van der Waals surface area contributed by atoms with Crippen LogP contribution in [0.3, 0.4) is 0 Å². The highest BCUT2D eigenvalue weighted by Gasteiger charge is 2.28. The zero-order valence-electron chi connectivity index (χ0n) is 19.1. The molecule has 0 bridgehead atoms. The number of carbonyl (C=O) groups is 1. The molecule has 0 aliphatic carbocycles. The summed E-state index contributed by atoms with van der Waals surface area (Å²) in [6, 6.07) is 18.1. The van der Waals surface area contributed by atoms with E-state index >= 15 is 0 Å². The van der Waals surface area contributed by atoms with Crippen LogP contribution in [0.5, 0.6) is 0 Å². The van der Waals surface area contributed by atoms with Crippen LogP contribution in [0.15, 0.2) is 66.0 Å². The monoisotopic (exact) mass is 499 g/mol. The lowest BCUT2D eigenvalue weighted by Gasteiger charge is -2.35. The minimum absolute atomic E-state index is 0.0464. The lowest BCUT2D eigenvalue weighted by molar-refractivity contribution is -0.384. The average molecular weight is 500 g/mol. The smallest absolute Gasteiger partial charge is 0.280 e. The molecule has 0 radical (unpaired) electrons. The van der Waals surface area contributed by atoms with Gasteiger partial charge >= 0.3 is 0 Å². The van der Waals surface area contributed by atoms with E-state index in [0.29, 0.717) is 55.6 Å². The highest BCUT2D eigenvalue weighted by Crippen LogP contribution is 2.33. The summed E-state index contributed by atoms with van der Waals surface area (Å²) in [6.07, 6.45) is 0.406. The number of nitro groups is 1. The van der Waals surface area contributed by atoms with Crippen molar-refractivity contribution in [2.45, 2.75) is 6.42 Å². The predicted molar refractivity (Wildman–Crippen MR) is 137 cm³/mol. The lowest BCUT2D eigenvalue weighted by Crippen LogP contribution is -2.49. The van der Waals surface area contributed by atoms with Gasteiger partial charge in [-0.1, -0.05) is 30.3 Å². The maximum atomic E-state index is 12.8. The van der Waals surface area contributed by atoms with E-state index in [-0.39, 0.29) is 11.6 Å². The van der Waals surface area contributed by atoms with E-state index in [1.165, 1.54) is 6.07 Å². The summed E-state index contributed by atoms with van der Waals surface area (Å²) in [5.74, 6) is 1.08. The van der Waals surface area contributed by atoms with Gasteiger partial charge in [0.1, 0.15) is 0 Å². The van der Waals surface area contributed by atoms with Crippen molar-refractivity contribution in [1.82, 2.24) is 24.5 Å². The second-order valence-electron chi connectivity index (χ2n) is 8.51. The van der Waals surface area contributed by atoms with Crippen LogP contribution >= 0.6 is 11.3 Å². The van der Waals surface area contributed by atoms with E-state index in [1.54, 1.807) is 33.9 Å². The Labute approximate surface area is 209 Å². The van der Waals surface area contributed by atoms with Crippen molar-refractivity contribution in [2.75, 3.05) is 31.1 Å². The number of amides is 1. The van der Waals surface area contributed by atoms with Crippen LogP contribution < -0.4 is 4.90 Å². The van der Waals surface area contributed by atoms with Crippen molar-refractivity contribution >= 4 is 45.4 Å². The molecule has 3 aromatic heterocycles. The highest BCUT2D eigenvalue weighted by molar-refractivity contribution is 7.10. The van der Waals surface area contributed by atoms with Gasteiger partial charge in [-0.2, -0.15) is 0 Å². The number of nitro benzene ring substituents is 1. The zero-order valence-corrected chi connectivity index (χ0v) is 20.0. The second-order valence-corrected chi connectivity index (χ2v) is 9.54. The van der Waals surface area contributed by atoms with Crippen LogP contribution in [0.4, 0.5) is 11.6 Å². The first-order valence-corrected chi connectivity index (χ1v) is 12.4. The molecule has 1 aliphatic heterocycles. The number of para-hydroxylation sites is 2. The van der Waals surface area contributed by atoms with E-state index < -0.39 is 4.92 Å². The molecule has 1 aliphatic rings. The zero-order chi connectivity index (χ0) is 24.6. The number of rotatable bonds is 5. The number of aromatic nitrogens is 4. The molecule has 0 N–H and O–H groups in total. The molecule has 2 aromatic carbocycles. The third kappa shape index (κ3) is 3.83. The first kappa shape index (κ1) is 22.1. The van der Waals surface area contributed by atoms with Gasteiger partial charge in [0, 0.05) is 42.5 Å². The Morgan fingerprint density at radius 2 is 1.75 bits per heavy atom. The van der Waals surface area contributed by atoms with E-state index in [1.807, 2.05) is 46.7 Å². The summed E-state index contributed by atoms with van der Waals surface area (Å²) in [6.45, 7) is 2.27. The minimum Gasteiger partial charge on any atom is -0.339 e. The summed E-state index contributed by atoms with van der Waals surface area (Å²) >= 11 is 1.59. The van der Waals surface area contributed by atoms with Crippen LogP contribution in [0.1, 0.15) is 4.88 Å². The Morgan fingerprint density at radius 1 is 0.972 bits per heavy atom. The quantitative estimate of drug-likeness (QED) is 0.267. The molecule has 1 amide bonds. The van der Waals surface area contributed by atoms with Crippen LogP contribution in [0.25, 0.3) is 27.9 Å². The molecule has 10 nitrogen and oxygen atoms in total. The van der Waals surface area contributed by atoms with Gasteiger partial charge < -0.3 is 9.80 Å². The van der Waals surface area contributed by atoms with Crippen molar-refractivity contribution in [3.05, 3.63) is 81.0 Å². The van der Waals surface area contributed by atoms with Gasteiger partial charge in [0.25, 0.3) is 5.69 Å². The van der Waals surface area contributed by atoms with Gasteiger partial charge in [-0.25, -0.2) is 9.38 Å². The van der Waals surface area contributed by atoms with Crippen LogP contribution in [-0.4, -0.2) is 61.5 Å². The molecule has 0 saturated carbocycles. The van der Waals surface area contributed by atoms with Gasteiger partial charge in [-0.05, 0) is 29.6 Å². The minimum atomic E-state index is -0.414. The molecule has 1 saturated heterocycles. The molecule has 11 heteroatoms. The van der Waals surface area contributed by atoms with Crippen molar-refractivity contribution in [1.29, 1.82) is 0 Å². The largest absolute Gasteiger partial charge is 0.339 e. The van der Waals surface area contributed by atoms with Crippen LogP contribution in [-0.2, 0) is 11.2 Å². The summed E-state index contributed by atoms with van der Waals surface area (Å²) in [5, 5.41) is 23.3. The number of benzene rings is 2. The molecule has 36 heavy (non-hydrogen) atoms. The van der Waals surface area contributed by atoms with Gasteiger partial charge in [0.15, 0.2) is 11.5 Å². The number of nitrogens with zero attached hydrogens (tertiary/aromatic N) is 7. The molecule has 0 unspecified atom stereocenters. The van der Waals surface area contributed by atoms with Gasteiger partial charge in [-0.3, -0.25) is 14.9 Å². The first-order chi connectivity index (χ1) is 17.6. The standard InChI is InChI=1S/C25H21N7O3S/c33-22(16-17-6-5-15-36-17)29-11-13-30(14-12-29)25-26-20-9-3-1-7-18(20)23-27-28-24(31(23)25)19-8-2-4-10-21(19)32(34)35/h1-10,15H,11-14,16H2. The Hall–Kier alpha value is -4.38. The fraction of sp³-hybridized carbons (Fsp3) is 0.200. The summed E-state index contributed by atoms with van der Waals surface area (Å²) < 4.78 is 1.80. The van der Waals surface area contributed by atoms with E-state index in [9.17, 15) is 14.9 Å². The number of thiophene rings is 1. The lowest BCUT2D eigenvalue weighted by atomic mass is 10.1. The van der Waals surface area contributed by atoms with E-state index in [0.717, 1.165) is 15.8 Å². The third-order valence-electron chi connectivity index (χ3n) is 6.39. The number of hydrogen-bond acceptors (Lipinski definition) is 8. The topological polar surface area (TPSA) is 110 Å². The Bertz CT molecular complexity index is 1590. The Kier molecular flexibility index (Phi) is 5.53. The molecule has 5 aromatic rings. The number of fused-ring (bicyclic) bond motifs is 3. The third-order valence-corrected chi connectivity index (χ3v) is 7.27. The van der Waals surface area contributed by atoms with Crippen molar-refractivity contribution in [2.24, 2.45) is 0 Å². The predicted octanol–water partition coefficient (Wildman–Crippen LogP) is 3.81.